The third kappa shape index (κ3) is 3.27. The van der Waals surface area contributed by atoms with Gasteiger partial charge in [0.1, 0.15) is 0 Å². The molecule has 20 heavy (non-hydrogen) atoms. The Hall–Kier alpha value is -1.20. The van der Waals surface area contributed by atoms with Crippen LogP contribution in [0.5, 0.6) is 0 Å². The molecule has 1 heterocycles. The molecule has 6 heteroatoms. The van der Waals surface area contributed by atoms with Crippen molar-refractivity contribution in [1.29, 1.82) is 0 Å². The molecule has 4 nitrogen and oxygen atoms in total. The zero-order valence-corrected chi connectivity index (χ0v) is 13.0. The van der Waals surface area contributed by atoms with Gasteiger partial charge in [-0.25, -0.2) is 4.98 Å². The zero-order valence-electron chi connectivity index (χ0n) is 11.5. The molecule has 1 aromatic carbocycles. The van der Waals surface area contributed by atoms with E-state index in [1.54, 1.807) is 6.07 Å². The molecule has 2 rings (SSSR count). The lowest BCUT2D eigenvalue weighted by molar-refractivity contribution is -0.133. The number of hydrogen-bond acceptors (Lipinski definition) is 3. The van der Waals surface area contributed by atoms with Gasteiger partial charge < -0.3 is 9.67 Å². The minimum atomic E-state index is -0.838. The molecule has 0 spiro atoms. The van der Waals surface area contributed by atoms with E-state index in [1.807, 2.05) is 12.1 Å². The summed E-state index contributed by atoms with van der Waals surface area (Å²) in [5.74, 6) is -0.828. The van der Waals surface area contributed by atoms with Gasteiger partial charge in [-0.3, -0.25) is 4.79 Å². The fourth-order valence-electron chi connectivity index (χ4n) is 2.24. The first-order chi connectivity index (χ1) is 9.52. The normalized spacial score (nSPS) is 12.8. The fraction of sp³-hybridized carbons (Fsp3) is 0.429. The second kappa shape index (κ2) is 6.50. The fourth-order valence-corrected chi connectivity index (χ4v) is 3.24. The van der Waals surface area contributed by atoms with Crippen LogP contribution < -0.4 is 0 Å². The number of carboxylic acid groups (broad SMARTS) is 1. The number of benzene rings is 1. The van der Waals surface area contributed by atoms with E-state index >= 15 is 0 Å². The Bertz CT molecular complexity index is 627. The third-order valence-corrected chi connectivity index (χ3v) is 4.26. The molecule has 0 aliphatic carbocycles. The molecule has 0 fully saturated rings. The number of nitrogens with zero attached hydrogens (tertiary/aromatic N) is 2. The Morgan fingerprint density at radius 3 is 2.95 bits per heavy atom. The van der Waals surface area contributed by atoms with E-state index in [4.69, 9.17) is 16.7 Å². The predicted octanol–water partition coefficient (Wildman–Crippen LogP) is 4.23. The number of hydrogen-bond donors (Lipinski definition) is 1. The number of carbonyl (C=O) groups is 1. The largest absolute Gasteiger partial charge is 0.481 e. The summed E-state index contributed by atoms with van der Waals surface area (Å²) < 4.78 is 2.10. The van der Waals surface area contributed by atoms with Gasteiger partial charge >= 0.3 is 5.97 Å². The van der Waals surface area contributed by atoms with Crippen molar-refractivity contribution < 1.29 is 9.90 Å². The Labute approximate surface area is 127 Å². The van der Waals surface area contributed by atoms with Crippen molar-refractivity contribution >= 4 is 40.4 Å². The second-order valence-corrected chi connectivity index (χ2v) is 6.10. The zero-order chi connectivity index (χ0) is 14.7. The topological polar surface area (TPSA) is 55.1 Å². The van der Waals surface area contributed by atoms with E-state index in [0.29, 0.717) is 5.02 Å². The number of carboxylic acids is 1. The molecule has 0 aliphatic heterocycles. The average molecular weight is 313 g/mol. The monoisotopic (exact) mass is 312 g/mol. The Balaban J connectivity index is 2.48. The molecule has 1 atom stereocenters. The molecule has 0 bridgehead atoms. The van der Waals surface area contributed by atoms with Gasteiger partial charge in [-0.05, 0) is 31.5 Å². The molecule has 0 amide bonds. The van der Waals surface area contributed by atoms with Crippen LogP contribution in [0.4, 0.5) is 0 Å². The average Bonchev–Trinajstić information content (AvgIpc) is 2.74. The number of halogens is 1. The first kappa shape index (κ1) is 15.2. The van der Waals surface area contributed by atoms with Crippen LogP contribution in [0.15, 0.2) is 23.4 Å². The Morgan fingerprint density at radius 1 is 1.55 bits per heavy atom. The van der Waals surface area contributed by atoms with E-state index < -0.39 is 5.97 Å². The van der Waals surface area contributed by atoms with Gasteiger partial charge in [0, 0.05) is 11.1 Å². The standard InChI is InChI=1S/C14H17ClN2O2S/c1-3-4-9(2)17-12-7-10(15)5-6-11(12)16-14(17)20-8-13(18)19/h5-7,9H,3-4,8H2,1-2H3,(H,18,19). The number of rotatable bonds is 6. The van der Waals surface area contributed by atoms with Gasteiger partial charge in [-0.15, -0.1) is 0 Å². The summed E-state index contributed by atoms with van der Waals surface area (Å²) in [6.45, 7) is 4.25. The number of fused-ring (bicyclic) bond motifs is 1. The van der Waals surface area contributed by atoms with Crippen LogP contribution in [0.2, 0.25) is 5.02 Å². The minimum absolute atomic E-state index is 0.00982. The summed E-state index contributed by atoms with van der Waals surface area (Å²) in [5.41, 5.74) is 1.82. The maximum atomic E-state index is 10.8. The number of aromatic nitrogens is 2. The van der Waals surface area contributed by atoms with Crippen molar-refractivity contribution in [3.63, 3.8) is 0 Å². The summed E-state index contributed by atoms with van der Waals surface area (Å²) in [6.07, 6.45) is 2.07. The molecule has 1 N–H and O–H groups in total. The van der Waals surface area contributed by atoms with Crippen LogP contribution in [0.1, 0.15) is 32.7 Å². The molecule has 0 saturated carbocycles. The quantitative estimate of drug-likeness (QED) is 0.811. The highest BCUT2D eigenvalue weighted by molar-refractivity contribution is 7.99. The van der Waals surface area contributed by atoms with Crippen molar-refractivity contribution in [3.8, 4) is 0 Å². The van der Waals surface area contributed by atoms with Crippen molar-refractivity contribution in [3.05, 3.63) is 23.2 Å². The van der Waals surface area contributed by atoms with Crippen LogP contribution >= 0.6 is 23.4 Å². The SMILES string of the molecule is CCCC(C)n1c(SCC(=O)O)nc2ccc(Cl)cc21. The van der Waals surface area contributed by atoms with E-state index in [2.05, 4.69) is 23.4 Å². The molecular weight excluding hydrogens is 296 g/mol. The van der Waals surface area contributed by atoms with Crippen molar-refractivity contribution in [2.24, 2.45) is 0 Å². The summed E-state index contributed by atoms with van der Waals surface area (Å²) in [4.78, 5) is 15.3. The lowest BCUT2D eigenvalue weighted by Crippen LogP contribution is -2.08. The summed E-state index contributed by atoms with van der Waals surface area (Å²) in [7, 11) is 0. The van der Waals surface area contributed by atoms with Gasteiger partial charge in [0.05, 0.1) is 16.8 Å². The molecule has 2 aromatic rings. The number of aliphatic carboxylic acids is 1. The van der Waals surface area contributed by atoms with Gasteiger partial charge in [0.2, 0.25) is 0 Å². The molecule has 0 saturated heterocycles. The molecular formula is C14H17ClN2O2S. The molecule has 0 aliphatic rings. The van der Waals surface area contributed by atoms with Crippen LogP contribution in [-0.4, -0.2) is 26.4 Å². The van der Waals surface area contributed by atoms with E-state index in [9.17, 15) is 4.79 Å². The van der Waals surface area contributed by atoms with Gasteiger partial charge in [-0.1, -0.05) is 36.7 Å². The van der Waals surface area contributed by atoms with Gasteiger partial charge in [-0.2, -0.15) is 0 Å². The molecule has 1 aromatic heterocycles. The van der Waals surface area contributed by atoms with Crippen LogP contribution in [-0.2, 0) is 4.79 Å². The second-order valence-electron chi connectivity index (χ2n) is 4.72. The number of imidazole rings is 1. The Kier molecular flexibility index (Phi) is 4.94. The van der Waals surface area contributed by atoms with Crippen LogP contribution in [0.25, 0.3) is 11.0 Å². The number of thioether (sulfide) groups is 1. The minimum Gasteiger partial charge on any atom is -0.481 e. The predicted molar refractivity (Wildman–Crippen MR) is 82.7 cm³/mol. The molecule has 108 valence electrons. The highest BCUT2D eigenvalue weighted by atomic mass is 35.5. The van der Waals surface area contributed by atoms with Gasteiger partial charge in [0.15, 0.2) is 5.16 Å². The lowest BCUT2D eigenvalue weighted by atomic mass is 10.2. The van der Waals surface area contributed by atoms with Gasteiger partial charge in [0.25, 0.3) is 0 Å². The lowest BCUT2D eigenvalue weighted by Gasteiger charge is -2.16. The molecule has 0 radical (unpaired) electrons. The van der Waals surface area contributed by atoms with Crippen LogP contribution in [0, 0.1) is 0 Å². The third-order valence-electron chi connectivity index (χ3n) is 3.09. The Morgan fingerprint density at radius 2 is 2.30 bits per heavy atom. The van der Waals surface area contributed by atoms with E-state index in [0.717, 1.165) is 29.0 Å². The molecule has 1 unspecified atom stereocenters. The van der Waals surface area contributed by atoms with Crippen molar-refractivity contribution in [1.82, 2.24) is 9.55 Å². The van der Waals surface area contributed by atoms with Crippen LogP contribution in [0.3, 0.4) is 0 Å². The van der Waals surface area contributed by atoms with E-state index in [1.165, 1.54) is 11.8 Å². The van der Waals surface area contributed by atoms with Crippen molar-refractivity contribution in [2.45, 2.75) is 37.9 Å². The highest BCUT2D eigenvalue weighted by Crippen LogP contribution is 2.31. The first-order valence-corrected chi connectivity index (χ1v) is 7.91. The highest BCUT2D eigenvalue weighted by Gasteiger charge is 2.17. The smallest absolute Gasteiger partial charge is 0.313 e. The maximum Gasteiger partial charge on any atom is 0.313 e. The summed E-state index contributed by atoms with van der Waals surface area (Å²) in [5, 5.41) is 10.3. The summed E-state index contributed by atoms with van der Waals surface area (Å²) in [6, 6.07) is 5.83. The van der Waals surface area contributed by atoms with Crippen molar-refractivity contribution in [2.75, 3.05) is 5.75 Å². The van der Waals surface area contributed by atoms with E-state index in [-0.39, 0.29) is 11.8 Å². The first-order valence-electron chi connectivity index (χ1n) is 6.55. The maximum absolute atomic E-state index is 10.8. The summed E-state index contributed by atoms with van der Waals surface area (Å²) >= 11 is 7.32.